The third-order valence-electron chi connectivity index (χ3n) is 7.38. The van der Waals surface area contributed by atoms with Crippen LogP contribution in [-0.2, 0) is 24.1 Å². The number of hydrogen-bond donors (Lipinski definition) is 1. The highest BCUT2D eigenvalue weighted by molar-refractivity contribution is 6.30. The smallest absolute Gasteiger partial charge is 0.303 e. The molecule has 1 aliphatic heterocycles. The third kappa shape index (κ3) is 6.41. The molecule has 0 bridgehead atoms. The molecule has 0 saturated carbocycles. The lowest BCUT2D eigenvalue weighted by atomic mass is 9.88. The maximum absolute atomic E-state index is 10.7. The van der Waals surface area contributed by atoms with Crippen LogP contribution in [0.3, 0.4) is 0 Å². The van der Waals surface area contributed by atoms with E-state index in [0.717, 1.165) is 73.8 Å². The molecule has 0 unspecified atom stereocenters. The Labute approximate surface area is 223 Å². The van der Waals surface area contributed by atoms with Crippen molar-refractivity contribution in [3.05, 3.63) is 99.3 Å². The zero-order valence-corrected chi connectivity index (χ0v) is 21.8. The number of nitrogens with zero attached hydrogens (tertiary/aromatic N) is 2. The van der Waals surface area contributed by atoms with Crippen molar-refractivity contribution in [1.82, 2.24) is 9.88 Å². The number of carboxylic acids is 1. The predicted octanol–water partition coefficient (Wildman–Crippen LogP) is 6.22. The lowest BCUT2D eigenvalue weighted by molar-refractivity contribution is -0.136. The van der Waals surface area contributed by atoms with Gasteiger partial charge in [0.05, 0.1) is 12.3 Å². The quantitative estimate of drug-likeness (QED) is 0.360. The van der Waals surface area contributed by atoms with Gasteiger partial charge in [-0.3, -0.25) is 9.78 Å². The molecule has 192 valence electrons. The molecule has 2 aliphatic rings. The number of ether oxygens (including phenoxy) is 1. The van der Waals surface area contributed by atoms with Crippen molar-refractivity contribution in [1.29, 1.82) is 0 Å². The molecule has 1 saturated heterocycles. The van der Waals surface area contributed by atoms with Gasteiger partial charge < -0.3 is 14.7 Å². The maximum atomic E-state index is 10.7. The number of aromatic nitrogens is 1. The number of hydrogen-bond acceptors (Lipinski definition) is 4. The van der Waals surface area contributed by atoms with E-state index in [1.165, 1.54) is 27.8 Å². The van der Waals surface area contributed by atoms with Gasteiger partial charge in [-0.2, -0.15) is 0 Å². The zero-order chi connectivity index (χ0) is 25.6. The normalized spacial score (nSPS) is 15.6. The van der Waals surface area contributed by atoms with Gasteiger partial charge in [-0.05, 0) is 91.1 Å². The first-order chi connectivity index (χ1) is 18.1. The summed E-state index contributed by atoms with van der Waals surface area (Å²) in [5, 5.41) is 9.62. The highest BCUT2D eigenvalue weighted by Gasteiger charge is 2.25. The monoisotopic (exact) mass is 516 g/mol. The summed E-state index contributed by atoms with van der Waals surface area (Å²) in [5.41, 5.74) is 8.94. The van der Waals surface area contributed by atoms with Gasteiger partial charge in [-0.25, -0.2) is 0 Å². The fourth-order valence-electron chi connectivity index (χ4n) is 5.41. The van der Waals surface area contributed by atoms with E-state index in [9.17, 15) is 4.79 Å². The minimum absolute atomic E-state index is 0.151. The average Bonchev–Trinajstić information content (AvgIpc) is 3.07. The number of benzene rings is 2. The first-order valence-corrected chi connectivity index (χ1v) is 13.6. The second-order valence-corrected chi connectivity index (χ2v) is 10.3. The lowest BCUT2D eigenvalue weighted by Crippen LogP contribution is -2.32. The van der Waals surface area contributed by atoms with E-state index in [0.29, 0.717) is 13.0 Å². The van der Waals surface area contributed by atoms with Crippen LogP contribution in [0.15, 0.2) is 66.4 Å². The summed E-state index contributed by atoms with van der Waals surface area (Å²) in [6.07, 6.45) is 7.66. The molecule has 0 atom stereocenters. The molecule has 5 nitrogen and oxygen atoms in total. The van der Waals surface area contributed by atoms with Crippen molar-refractivity contribution in [2.75, 3.05) is 26.2 Å². The molecule has 1 N–H and O–H groups in total. The molecule has 0 spiro atoms. The van der Waals surface area contributed by atoms with Crippen molar-refractivity contribution < 1.29 is 14.6 Å². The molecule has 0 radical (unpaired) electrons. The van der Waals surface area contributed by atoms with Crippen LogP contribution < -0.4 is 4.74 Å². The Bertz CT molecular complexity index is 1280. The highest BCUT2D eigenvalue weighted by atomic mass is 35.5. The van der Waals surface area contributed by atoms with E-state index in [1.807, 2.05) is 42.6 Å². The van der Waals surface area contributed by atoms with E-state index in [1.54, 1.807) is 0 Å². The number of rotatable bonds is 8. The largest absolute Gasteiger partial charge is 0.494 e. The highest BCUT2D eigenvalue weighted by Crippen LogP contribution is 2.38. The number of likely N-dealkylation sites (tertiary alicyclic amines) is 1. The Morgan fingerprint density at radius 1 is 1.00 bits per heavy atom. The third-order valence-corrected chi connectivity index (χ3v) is 7.61. The standard InChI is InChI=1S/C31H33ClN2O3/c32-26-9-12-28-25(21-26)8-7-24-3-1-16-33-31(24)30(28)23-14-18-34(19-15-23)17-2-20-37-27-10-4-22(5-11-27)6-13-29(35)36/h1,3-5,9-12,16,21H,2,6-8,13-15,17-20H2,(H,35,36). The lowest BCUT2D eigenvalue weighted by Gasteiger charge is -2.30. The van der Waals surface area contributed by atoms with Crippen LogP contribution in [0.2, 0.25) is 5.02 Å². The molecular weight excluding hydrogens is 484 g/mol. The summed E-state index contributed by atoms with van der Waals surface area (Å²) >= 11 is 6.36. The fraction of sp³-hybridized carbons (Fsp3) is 0.355. The van der Waals surface area contributed by atoms with Gasteiger partial charge in [-0.1, -0.05) is 41.4 Å². The van der Waals surface area contributed by atoms with Crippen molar-refractivity contribution in [2.24, 2.45) is 0 Å². The van der Waals surface area contributed by atoms with Gasteiger partial charge in [-0.15, -0.1) is 0 Å². The van der Waals surface area contributed by atoms with Crippen molar-refractivity contribution in [3.63, 3.8) is 0 Å². The van der Waals surface area contributed by atoms with Crippen molar-refractivity contribution in [3.8, 4) is 5.75 Å². The van der Waals surface area contributed by atoms with E-state index in [4.69, 9.17) is 26.4 Å². The number of aliphatic carboxylic acids is 1. The number of carbonyl (C=O) groups is 1. The zero-order valence-electron chi connectivity index (χ0n) is 21.1. The summed E-state index contributed by atoms with van der Waals surface area (Å²) in [5.74, 6) is 0.0647. The Morgan fingerprint density at radius 3 is 2.57 bits per heavy atom. The Kier molecular flexibility index (Phi) is 8.22. The summed E-state index contributed by atoms with van der Waals surface area (Å²) in [4.78, 5) is 18.1. The Hall–Kier alpha value is -3.15. The molecular formula is C31H33ClN2O3. The molecule has 0 amide bonds. The van der Waals surface area contributed by atoms with E-state index in [-0.39, 0.29) is 6.42 Å². The first-order valence-electron chi connectivity index (χ1n) is 13.2. The number of piperidine rings is 1. The summed E-state index contributed by atoms with van der Waals surface area (Å²) in [6.45, 7) is 3.77. The first kappa shape index (κ1) is 25.5. The Balaban J connectivity index is 1.18. The second-order valence-electron chi connectivity index (χ2n) is 9.87. The molecule has 6 heteroatoms. The van der Waals surface area contributed by atoms with Gasteiger partial charge in [0.15, 0.2) is 0 Å². The number of aryl methyl sites for hydroxylation is 3. The summed E-state index contributed by atoms with van der Waals surface area (Å²) < 4.78 is 5.92. The van der Waals surface area contributed by atoms with Crippen LogP contribution in [-0.4, -0.2) is 47.2 Å². The van der Waals surface area contributed by atoms with Gasteiger partial charge in [0.2, 0.25) is 0 Å². The van der Waals surface area contributed by atoms with Crippen LogP contribution in [0.4, 0.5) is 0 Å². The molecule has 2 aromatic carbocycles. The number of halogens is 1. The molecule has 1 fully saturated rings. The van der Waals surface area contributed by atoms with Gasteiger partial charge in [0.25, 0.3) is 0 Å². The SMILES string of the molecule is O=C(O)CCc1ccc(OCCCN2CCC(=C3c4ccc(Cl)cc4CCc4cccnc43)CC2)cc1. The number of fused-ring (bicyclic) bond motifs is 2. The van der Waals surface area contributed by atoms with E-state index >= 15 is 0 Å². The van der Waals surface area contributed by atoms with Crippen LogP contribution in [0.1, 0.15) is 53.6 Å². The molecule has 2 heterocycles. The maximum Gasteiger partial charge on any atom is 0.303 e. The molecule has 37 heavy (non-hydrogen) atoms. The predicted molar refractivity (Wildman–Crippen MR) is 147 cm³/mol. The van der Waals surface area contributed by atoms with Crippen molar-refractivity contribution in [2.45, 2.75) is 44.9 Å². The minimum atomic E-state index is -0.771. The van der Waals surface area contributed by atoms with Crippen LogP contribution in [0.5, 0.6) is 5.75 Å². The summed E-state index contributed by atoms with van der Waals surface area (Å²) in [7, 11) is 0. The molecule has 1 aliphatic carbocycles. The van der Waals surface area contributed by atoms with Crippen LogP contribution in [0, 0.1) is 0 Å². The summed E-state index contributed by atoms with van der Waals surface area (Å²) in [6, 6.07) is 18.3. The van der Waals surface area contributed by atoms with Crippen LogP contribution in [0.25, 0.3) is 5.57 Å². The Morgan fingerprint density at radius 2 is 1.78 bits per heavy atom. The molecule has 3 aromatic rings. The average molecular weight is 517 g/mol. The molecule has 5 rings (SSSR count). The number of pyridine rings is 1. The van der Waals surface area contributed by atoms with Crippen LogP contribution >= 0.6 is 11.6 Å². The van der Waals surface area contributed by atoms with Gasteiger partial charge >= 0.3 is 5.97 Å². The molecule has 1 aromatic heterocycles. The minimum Gasteiger partial charge on any atom is -0.494 e. The topological polar surface area (TPSA) is 62.7 Å². The van der Waals surface area contributed by atoms with E-state index in [2.05, 4.69) is 23.1 Å². The van der Waals surface area contributed by atoms with Gasteiger partial charge in [0.1, 0.15) is 5.75 Å². The van der Waals surface area contributed by atoms with Crippen molar-refractivity contribution >= 4 is 23.1 Å². The second kappa shape index (κ2) is 11.9. The van der Waals surface area contributed by atoms with E-state index < -0.39 is 5.97 Å². The fourth-order valence-corrected chi connectivity index (χ4v) is 5.61. The number of carboxylic acid groups (broad SMARTS) is 1. The van der Waals surface area contributed by atoms with Gasteiger partial charge in [0, 0.05) is 42.8 Å².